The summed E-state index contributed by atoms with van der Waals surface area (Å²) in [5.74, 6) is 0.483. The summed E-state index contributed by atoms with van der Waals surface area (Å²) < 4.78 is 9.36. The van der Waals surface area contributed by atoms with Crippen molar-refractivity contribution < 1.29 is 14.3 Å². The van der Waals surface area contributed by atoms with Gasteiger partial charge in [-0.2, -0.15) is 5.26 Å². The fourth-order valence-corrected chi connectivity index (χ4v) is 0.910. The van der Waals surface area contributed by atoms with Crippen LogP contribution in [-0.4, -0.2) is 12.6 Å². The lowest BCUT2D eigenvalue weighted by Crippen LogP contribution is -1.90. The first-order valence-corrected chi connectivity index (χ1v) is 5.05. The molecule has 1 aromatic carbocycles. The smallest absolute Gasteiger partial charge is 0.307 e. The quantitative estimate of drug-likeness (QED) is 0.594. The van der Waals surface area contributed by atoms with Crippen molar-refractivity contribution in [2.24, 2.45) is 0 Å². The van der Waals surface area contributed by atoms with E-state index in [0.717, 1.165) is 12.0 Å². The minimum atomic E-state index is -0.329. The number of hydrogen-bond acceptors (Lipinski definition) is 4. The SMILES string of the molecule is C=COC(C)=O.CCOc1ccc(C#N)cc1. The van der Waals surface area contributed by atoms with Gasteiger partial charge in [0, 0.05) is 6.92 Å². The molecule has 0 bridgehead atoms. The third-order valence-corrected chi connectivity index (χ3v) is 1.54. The van der Waals surface area contributed by atoms with Crippen LogP contribution in [0.5, 0.6) is 5.75 Å². The summed E-state index contributed by atoms with van der Waals surface area (Å²) in [7, 11) is 0. The lowest BCUT2D eigenvalue weighted by Gasteiger charge is -2.00. The summed E-state index contributed by atoms with van der Waals surface area (Å²) in [6.07, 6.45) is 1.10. The third kappa shape index (κ3) is 7.63. The molecule has 0 aliphatic carbocycles. The Bertz CT molecular complexity index is 390. The van der Waals surface area contributed by atoms with Crippen molar-refractivity contribution in [3.05, 3.63) is 42.7 Å². The highest BCUT2D eigenvalue weighted by Crippen LogP contribution is 2.10. The maximum atomic E-state index is 9.75. The third-order valence-electron chi connectivity index (χ3n) is 1.54. The van der Waals surface area contributed by atoms with E-state index in [2.05, 4.69) is 11.3 Å². The molecule has 0 fully saturated rings. The second-order valence-corrected chi connectivity index (χ2v) is 2.85. The average molecular weight is 233 g/mol. The van der Waals surface area contributed by atoms with Gasteiger partial charge in [0.05, 0.1) is 24.5 Å². The molecule has 0 heterocycles. The van der Waals surface area contributed by atoms with E-state index in [0.29, 0.717) is 12.2 Å². The van der Waals surface area contributed by atoms with E-state index < -0.39 is 0 Å². The highest BCUT2D eigenvalue weighted by atomic mass is 16.5. The number of esters is 1. The fraction of sp³-hybridized carbons (Fsp3) is 0.231. The Balaban J connectivity index is 0.000000366. The van der Waals surface area contributed by atoms with Crippen LogP contribution >= 0.6 is 0 Å². The highest BCUT2D eigenvalue weighted by molar-refractivity contribution is 5.66. The van der Waals surface area contributed by atoms with Crippen LogP contribution in [0.2, 0.25) is 0 Å². The maximum Gasteiger partial charge on any atom is 0.307 e. The average Bonchev–Trinajstić information content (AvgIpc) is 2.31. The molecule has 1 rings (SSSR count). The molecule has 0 atom stereocenters. The number of rotatable bonds is 3. The molecular formula is C13H15NO3. The van der Waals surface area contributed by atoms with Gasteiger partial charge in [-0.3, -0.25) is 4.79 Å². The van der Waals surface area contributed by atoms with Crippen molar-refractivity contribution in [3.8, 4) is 11.8 Å². The van der Waals surface area contributed by atoms with E-state index in [1.54, 1.807) is 24.3 Å². The van der Waals surface area contributed by atoms with Crippen LogP contribution in [0, 0.1) is 11.3 Å². The lowest BCUT2D eigenvalue weighted by molar-refractivity contribution is -0.135. The number of hydrogen-bond donors (Lipinski definition) is 0. The second kappa shape index (κ2) is 8.98. The van der Waals surface area contributed by atoms with Crippen LogP contribution in [-0.2, 0) is 9.53 Å². The summed E-state index contributed by atoms with van der Waals surface area (Å²) in [5.41, 5.74) is 0.661. The standard InChI is InChI=1S/C9H9NO.C4H6O2/c1-2-11-9-5-3-8(7-10)4-6-9;1-3-6-4(2)5/h3-6H,2H2,1H3;3H,1H2,2H3. The van der Waals surface area contributed by atoms with Gasteiger partial charge in [-0.05, 0) is 31.2 Å². The maximum absolute atomic E-state index is 9.75. The summed E-state index contributed by atoms with van der Waals surface area (Å²) in [5, 5.41) is 8.47. The van der Waals surface area contributed by atoms with Crippen molar-refractivity contribution in [2.45, 2.75) is 13.8 Å². The highest BCUT2D eigenvalue weighted by Gasteiger charge is 1.91. The summed E-state index contributed by atoms with van der Waals surface area (Å²) in [6, 6.07) is 9.11. The Morgan fingerprint density at radius 3 is 2.35 bits per heavy atom. The minimum Gasteiger partial charge on any atom is -0.494 e. The first-order chi connectivity index (χ1) is 8.13. The van der Waals surface area contributed by atoms with Crippen molar-refractivity contribution >= 4 is 5.97 Å². The molecule has 0 unspecified atom stereocenters. The minimum absolute atomic E-state index is 0.329. The number of benzene rings is 1. The topological polar surface area (TPSA) is 59.3 Å². The number of nitrogens with zero attached hydrogens (tertiary/aromatic N) is 1. The molecule has 0 saturated heterocycles. The van der Waals surface area contributed by atoms with E-state index in [1.807, 2.05) is 13.0 Å². The van der Waals surface area contributed by atoms with E-state index in [4.69, 9.17) is 10.00 Å². The van der Waals surface area contributed by atoms with E-state index in [-0.39, 0.29) is 5.97 Å². The molecule has 0 aliphatic rings. The van der Waals surface area contributed by atoms with Gasteiger partial charge in [0.1, 0.15) is 5.75 Å². The molecule has 4 heteroatoms. The van der Waals surface area contributed by atoms with Gasteiger partial charge in [0.2, 0.25) is 0 Å². The summed E-state index contributed by atoms with van der Waals surface area (Å²) in [4.78, 5) is 9.75. The molecule has 0 amide bonds. The van der Waals surface area contributed by atoms with Crippen LogP contribution in [0.25, 0.3) is 0 Å². The zero-order chi connectivity index (χ0) is 13.1. The predicted octanol–water partition coefficient (Wildman–Crippen LogP) is 2.65. The Morgan fingerprint density at radius 1 is 1.47 bits per heavy atom. The number of nitriles is 1. The molecule has 0 N–H and O–H groups in total. The van der Waals surface area contributed by atoms with Gasteiger partial charge in [-0.1, -0.05) is 6.58 Å². The molecule has 90 valence electrons. The Labute approximate surface area is 101 Å². The Morgan fingerprint density at radius 2 is 2.06 bits per heavy atom. The van der Waals surface area contributed by atoms with Crippen molar-refractivity contribution in [1.82, 2.24) is 0 Å². The number of carbonyl (C=O) groups is 1. The summed E-state index contributed by atoms with van der Waals surface area (Å²) in [6.45, 7) is 7.07. The van der Waals surface area contributed by atoms with Gasteiger partial charge in [0.25, 0.3) is 0 Å². The normalized spacial score (nSPS) is 8.06. The van der Waals surface area contributed by atoms with Crippen LogP contribution in [0.3, 0.4) is 0 Å². The number of ether oxygens (including phenoxy) is 2. The molecule has 17 heavy (non-hydrogen) atoms. The molecule has 0 spiro atoms. The van der Waals surface area contributed by atoms with Gasteiger partial charge < -0.3 is 9.47 Å². The molecule has 0 radical (unpaired) electrons. The van der Waals surface area contributed by atoms with Gasteiger partial charge in [-0.15, -0.1) is 0 Å². The van der Waals surface area contributed by atoms with Gasteiger partial charge >= 0.3 is 5.97 Å². The first-order valence-electron chi connectivity index (χ1n) is 5.05. The van der Waals surface area contributed by atoms with Crippen LogP contribution in [0.1, 0.15) is 19.4 Å². The van der Waals surface area contributed by atoms with Crippen molar-refractivity contribution in [3.63, 3.8) is 0 Å². The molecule has 0 aliphatic heterocycles. The molecular weight excluding hydrogens is 218 g/mol. The van der Waals surface area contributed by atoms with Crippen molar-refractivity contribution in [2.75, 3.05) is 6.61 Å². The van der Waals surface area contributed by atoms with E-state index >= 15 is 0 Å². The second-order valence-electron chi connectivity index (χ2n) is 2.85. The zero-order valence-electron chi connectivity index (χ0n) is 9.97. The predicted molar refractivity (Wildman–Crippen MR) is 64.3 cm³/mol. The van der Waals surface area contributed by atoms with Crippen LogP contribution < -0.4 is 4.74 Å². The Hall–Kier alpha value is -2.28. The lowest BCUT2D eigenvalue weighted by atomic mass is 10.2. The summed E-state index contributed by atoms with van der Waals surface area (Å²) >= 11 is 0. The van der Waals surface area contributed by atoms with E-state index in [9.17, 15) is 4.79 Å². The Kier molecular flexibility index (Phi) is 7.78. The fourth-order valence-electron chi connectivity index (χ4n) is 0.910. The van der Waals surface area contributed by atoms with Crippen molar-refractivity contribution in [1.29, 1.82) is 5.26 Å². The largest absolute Gasteiger partial charge is 0.494 e. The molecule has 0 saturated carbocycles. The monoisotopic (exact) mass is 233 g/mol. The zero-order valence-corrected chi connectivity index (χ0v) is 9.97. The van der Waals surface area contributed by atoms with Gasteiger partial charge in [-0.25, -0.2) is 0 Å². The number of carbonyl (C=O) groups excluding carboxylic acids is 1. The van der Waals surface area contributed by atoms with E-state index in [1.165, 1.54) is 6.92 Å². The van der Waals surface area contributed by atoms with Crippen LogP contribution in [0.4, 0.5) is 0 Å². The van der Waals surface area contributed by atoms with Crippen LogP contribution in [0.15, 0.2) is 37.1 Å². The molecule has 4 nitrogen and oxygen atoms in total. The molecule has 1 aromatic rings. The van der Waals surface area contributed by atoms with Gasteiger partial charge in [0.15, 0.2) is 0 Å². The first kappa shape index (κ1) is 14.7. The molecule has 0 aromatic heterocycles.